The van der Waals surface area contributed by atoms with Gasteiger partial charge < -0.3 is 13.3 Å². The van der Waals surface area contributed by atoms with E-state index in [2.05, 4.69) is 187 Å². The summed E-state index contributed by atoms with van der Waals surface area (Å²) in [6.07, 6.45) is 21.1. The minimum Gasteiger partial charge on any atom is -0.413 e. The van der Waals surface area contributed by atoms with Gasteiger partial charge in [-0.25, -0.2) is 0 Å². The second-order valence-electron chi connectivity index (χ2n) is 24.2. The van der Waals surface area contributed by atoms with Crippen LogP contribution in [0.5, 0.6) is 0 Å². The van der Waals surface area contributed by atoms with Crippen LogP contribution in [-0.2, 0) is 13.3 Å². The van der Waals surface area contributed by atoms with E-state index in [1.165, 1.54) is 66.5 Å². The first-order chi connectivity index (χ1) is 28.3. The lowest BCUT2D eigenvalue weighted by Crippen LogP contribution is -2.67. The number of fused-ring (bicyclic) bond motifs is 1. The lowest BCUT2D eigenvalue weighted by Gasteiger charge is -2.46. The molecule has 6 heteroatoms. The zero-order valence-corrected chi connectivity index (χ0v) is 44.4. The van der Waals surface area contributed by atoms with Crippen molar-refractivity contribution >= 4 is 35.3 Å². The molecule has 2 aromatic carbocycles. The van der Waals surface area contributed by atoms with Gasteiger partial charge in [-0.3, -0.25) is 0 Å². The van der Waals surface area contributed by atoms with Crippen LogP contribution in [0.15, 0.2) is 108 Å². The van der Waals surface area contributed by atoms with Gasteiger partial charge in [-0.1, -0.05) is 173 Å². The molecule has 0 amide bonds. The Morgan fingerprint density at radius 1 is 0.721 bits per heavy atom. The lowest BCUT2D eigenvalue weighted by molar-refractivity contribution is 0.0969. The van der Waals surface area contributed by atoms with Crippen molar-refractivity contribution in [3.8, 4) is 0 Å². The third kappa shape index (κ3) is 10.3. The Morgan fingerprint density at radius 3 is 1.80 bits per heavy atom. The molecule has 336 valence electrons. The summed E-state index contributed by atoms with van der Waals surface area (Å²) in [5.74, 6) is 2.38. The molecule has 0 spiro atoms. The maximum atomic E-state index is 7.78. The minimum atomic E-state index is -2.65. The third-order valence-corrected chi connectivity index (χ3v) is 30.9. The van der Waals surface area contributed by atoms with Crippen LogP contribution in [0.3, 0.4) is 0 Å². The maximum Gasteiger partial charge on any atom is 0.261 e. The Labute approximate surface area is 377 Å². The van der Waals surface area contributed by atoms with Crippen molar-refractivity contribution in [2.45, 2.75) is 194 Å². The summed E-state index contributed by atoms with van der Waals surface area (Å²) in [7, 11) is -6.64. The summed E-state index contributed by atoms with van der Waals surface area (Å²) in [6, 6.07) is 22.4. The fourth-order valence-corrected chi connectivity index (χ4v) is 18.3. The van der Waals surface area contributed by atoms with Crippen molar-refractivity contribution in [1.82, 2.24) is 0 Å². The largest absolute Gasteiger partial charge is 0.413 e. The van der Waals surface area contributed by atoms with Gasteiger partial charge in [0.05, 0.1) is 18.3 Å². The second kappa shape index (κ2) is 18.1. The fourth-order valence-electron chi connectivity index (χ4n) is 10.9. The average Bonchev–Trinajstić information content (AvgIpc) is 3.95. The maximum absolute atomic E-state index is 7.78. The molecule has 0 bridgehead atoms. The zero-order chi connectivity index (χ0) is 44.8. The van der Waals surface area contributed by atoms with Crippen LogP contribution in [0, 0.1) is 29.1 Å². The molecule has 0 radical (unpaired) electrons. The highest BCUT2D eigenvalue weighted by atomic mass is 28.4. The fraction of sp³-hybridized carbons (Fsp3) is 0.636. The highest BCUT2D eigenvalue weighted by Crippen LogP contribution is 2.60. The van der Waals surface area contributed by atoms with E-state index >= 15 is 0 Å². The Morgan fingerprint density at radius 2 is 1.28 bits per heavy atom. The molecule has 3 unspecified atom stereocenters. The first kappa shape index (κ1) is 48.4. The molecule has 0 saturated heterocycles. The van der Waals surface area contributed by atoms with Crippen LogP contribution in [-0.4, -0.2) is 43.3 Å². The van der Waals surface area contributed by atoms with Gasteiger partial charge in [-0.15, -0.1) is 0 Å². The molecule has 0 heterocycles. The van der Waals surface area contributed by atoms with Gasteiger partial charge in [0.1, 0.15) is 0 Å². The average molecular weight is 880 g/mol. The van der Waals surface area contributed by atoms with Gasteiger partial charge in [0.25, 0.3) is 8.32 Å². The van der Waals surface area contributed by atoms with Crippen molar-refractivity contribution in [3.05, 3.63) is 108 Å². The van der Waals surface area contributed by atoms with Crippen LogP contribution >= 0.6 is 0 Å². The highest BCUT2D eigenvalue weighted by Gasteiger charge is 2.54. The van der Waals surface area contributed by atoms with E-state index in [-0.39, 0.29) is 33.4 Å². The van der Waals surface area contributed by atoms with Gasteiger partial charge in [0, 0.05) is 6.42 Å². The molecule has 0 aromatic heterocycles. The van der Waals surface area contributed by atoms with Crippen molar-refractivity contribution in [1.29, 1.82) is 0 Å². The van der Waals surface area contributed by atoms with Gasteiger partial charge in [-0.2, -0.15) is 0 Å². The van der Waals surface area contributed by atoms with Gasteiger partial charge in [0.2, 0.25) is 0 Å². The molecule has 0 N–H and O–H groups in total. The number of hydrogen-bond acceptors (Lipinski definition) is 3. The van der Waals surface area contributed by atoms with Crippen LogP contribution in [0.2, 0.25) is 41.3 Å². The van der Waals surface area contributed by atoms with E-state index in [0.29, 0.717) is 29.1 Å². The SMILES string of the molecule is C=C1C(=CC=C2CCC[C@]3(C)[C@@H]([C@H](C)C=CC(O[Si](c4ccccc4)(c4ccccc4)C(C)(C)C)C4CC4)CC[C@@H]23)CC(O[Si](C)(C)C(C)(C)C)CC1O[Si](C)(C)C(C)(C)C. The molecule has 4 saturated carbocycles. The highest BCUT2D eigenvalue weighted by molar-refractivity contribution is 6.99. The Hall–Kier alpha value is -2.07. The van der Waals surface area contributed by atoms with E-state index in [9.17, 15) is 0 Å². The summed E-state index contributed by atoms with van der Waals surface area (Å²) in [4.78, 5) is 0. The van der Waals surface area contributed by atoms with E-state index in [0.717, 1.165) is 12.8 Å². The summed E-state index contributed by atoms with van der Waals surface area (Å²) >= 11 is 0. The van der Waals surface area contributed by atoms with E-state index in [1.807, 2.05) is 0 Å². The minimum absolute atomic E-state index is 0.00855. The molecule has 61 heavy (non-hydrogen) atoms. The smallest absolute Gasteiger partial charge is 0.261 e. The van der Waals surface area contributed by atoms with E-state index in [1.54, 1.807) is 5.57 Å². The van der Waals surface area contributed by atoms with Gasteiger partial charge in [-0.05, 0) is 143 Å². The van der Waals surface area contributed by atoms with Crippen LogP contribution < -0.4 is 10.4 Å². The molecular formula is C55H86O3Si3. The van der Waals surface area contributed by atoms with Gasteiger partial charge in [0.15, 0.2) is 16.6 Å². The number of hydrogen-bond donors (Lipinski definition) is 0. The first-order valence-electron chi connectivity index (χ1n) is 24.2. The quantitative estimate of drug-likeness (QED) is 0.148. The second-order valence-corrected chi connectivity index (χ2v) is 38.0. The predicted molar refractivity (Wildman–Crippen MR) is 270 cm³/mol. The normalized spacial score (nSPS) is 28.4. The van der Waals surface area contributed by atoms with Crippen LogP contribution in [0.4, 0.5) is 0 Å². The lowest BCUT2D eigenvalue weighted by atomic mass is 9.61. The van der Waals surface area contributed by atoms with Crippen molar-refractivity contribution in [2.24, 2.45) is 29.1 Å². The molecule has 4 aliphatic carbocycles. The molecule has 3 nitrogen and oxygen atoms in total. The molecule has 4 aliphatic rings. The molecule has 4 fully saturated rings. The molecule has 0 aliphatic heterocycles. The standard InChI is InChI=1S/C55H86O3Si3/c1-40(29-36-50(43-31-32-43)58-61(54(9,10)11,46-25-19-17-20-26-46)47-27-21-18-22-28-47)48-34-35-49-42(24-23-37-55(48,49)12)30-33-44-38-45(56-59(13,14)52(3,4)5)39-51(41(44)2)57-60(15,16)53(6,7)8/h17-22,25-30,33,36,40,43,45,48-51H,2,23-24,31-32,34-35,37-39H2,1,3-16H3/t40-,45?,48-,49+,50?,51?,55-/m1/s1. The van der Waals surface area contributed by atoms with Gasteiger partial charge >= 0.3 is 0 Å². The molecule has 2 aromatic rings. The molecule has 7 atom stereocenters. The monoisotopic (exact) mass is 879 g/mol. The third-order valence-electron chi connectivity index (χ3n) is 16.8. The van der Waals surface area contributed by atoms with Crippen molar-refractivity contribution in [2.75, 3.05) is 0 Å². The topological polar surface area (TPSA) is 27.7 Å². The molecular weight excluding hydrogens is 793 g/mol. The Bertz CT molecular complexity index is 1860. The predicted octanol–water partition coefficient (Wildman–Crippen LogP) is 14.7. The summed E-state index contributed by atoms with van der Waals surface area (Å²) in [5.41, 5.74) is 4.49. The van der Waals surface area contributed by atoms with Crippen LogP contribution in [0.1, 0.15) is 134 Å². The Kier molecular flexibility index (Phi) is 14.3. The summed E-state index contributed by atoms with van der Waals surface area (Å²) in [5, 5.41) is 3.01. The van der Waals surface area contributed by atoms with Crippen LogP contribution in [0.25, 0.3) is 0 Å². The van der Waals surface area contributed by atoms with E-state index < -0.39 is 25.0 Å². The van der Waals surface area contributed by atoms with Crippen molar-refractivity contribution < 1.29 is 13.3 Å². The van der Waals surface area contributed by atoms with E-state index in [4.69, 9.17) is 19.9 Å². The molecule has 6 rings (SSSR count). The number of allylic oxidation sites excluding steroid dienone is 4. The summed E-state index contributed by atoms with van der Waals surface area (Å²) < 4.78 is 22.1. The number of rotatable bonds is 13. The zero-order valence-electron chi connectivity index (χ0n) is 41.4. The first-order valence-corrected chi connectivity index (χ1v) is 31.9. The van der Waals surface area contributed by atoms with Crippen molar-refractivity contribution in [3.63, 3.8) is 0 Å². The Balaban J connectivity index is 1.24. The summed E-state index contributed by atoms with van der Waals surface area (Å²) in [6.45, 7) is 40.8. The number of benzene rings is 2.